The predicted molar refractivity (Wildman–Crippen MR) is 204 cm³/mol. The first-order valence-corrected chi connectivity index (χ1v) is 20.2. The van der Waals surface area contributed by atoms with Crippen LogP contribution in [0.3, 0.4) is 0 Å². The molecule has 1 N–H and O–H groups in total. The molecule has 0 spiro atoms. The summed E-state index contributed by atoms with van der Waals surface area (Å²) in [4.78, 5) is 48.9. The van der Waals surface area contributed by atoms with E-state index in [0.29, 0.717) is 28.7 Å². The number of aryl methyl sites for hydroxylation is 2. The summed E-state index contributed by atoms with van der Waals surface area (Å²) in [5.41, 5.74) is 0.709. The smallest absolute Gasteiger partial charge is 0.418 e. The van der Waals surface area contributed by atoms with Gasteiger partial charge in [0, 0.05) is 29.5 Å². The third kappa shape index (κ3) is 9.05. The van der Waals surface area contributed by atoms with Crippen LogP contribution in [0.2, 0.25) is 0 Å². The van der Waals surface area contributed by atoms with Gasteiger partial charge >= 0.3 is 6.09 Å². The number of rotatable bonds is 17. The normalized spacial score (nSPS) is 16.5. The first-order valence-electron chi connectivity index (χ1n) is 18.0. The van der Waals surface area contributed by atoms with Crippen molar-refractivity contribution in [3.63, 3.8) is 0 Å². The van der Waals surface area contributed by atoms with E-state index in [1.54, 1.807) is 18.2 Å². The number of nitrogens with one attached hydrogen (secondary N) is 1. The van der Waals surface area contributed by atoms with Crippen molar-refractivity contribution in [2.75, 3.05) is 31.7 Å². The molecule has 2 aliphatic heterocycles. The molecule has 53 heavy (non-hydrogen) atoms. The van der Waals surface area contributed by atoms with Gasteiger partial charge in [-0.25, -0.2) is 23.1 Å². The van der Waals surface area contributed by atoms with E-state index in [9.17, 15) is 22.8 Å². The Hall–Kier alpha value is -4.40. The highest BCUT2D eigenvalue weighted by atomic mass is 32.2. The molecule has 3 amide bonds. The second-order valence-corrected chi connectivity index (χ2v) is 16.4. The van der Waals surface area contributed by atoms with Crippen molar-refractivity contribution in [2.24, 2.45) is 4.99 Å². The van der Waals surface area contributed by atoms with Gasteiger partial charge < -0.3 is 19.5 Å². The second kappa shape index (κ2) is 17.2. The number of sulfonamides is 1. The standard InChI is InChI=1S/C39H48N4O8S2/c1-7-9-21-49-22-13-20-42-35(40-29-14-11-12-15-33(29)53(42,47)48)34(43-37(45)39(5,6)51-38(43)46)36(44)41-30-24-26(3)16-19-31(30)52-32-25-28(18-17-27(32)4)50-23-10-8-2/h11-12,14-19,24-25,34H,7-10,13,20-23H2,1-6H3,(H,41,44). The lowest BCUT2D eigenvalue weighted by Gasteiger charge is -2.35. The van der Waals surface area contributed by atoms with E-state index in [-0.39, 0.29) is 36.0 Å². The molecule has 0 saturated carbocycles. The molecule has 2 heterocycles. The van der Waals surface area contributed by atoms with Crippen molar-refractivity contribution < 1.29 is 37.0 Å². The number of nitrogens with zero attached hydrogens (tertiary/aromatic N) is 3. The summed E-state index contributed by atoms with van der Waals surface area (Å²) < 4.78 is 46.6. The van der Waals surface area contributed by atoms with Crippen LogP contribution in [0.1, 0.15) is 70.9 Å². The molecule has 2 aliphatic rings. The number of hydrogen-bond donors (Lipinski definition) is 1. The highest BCUT2D eigenvalue weighted by Gasteiger charge is 2.55. The number of fused-ring (bicyclic) bond motifs is 1. The molecular formula is C39H48N4O8S2. The van der Waals surface area contributed by atoms with E-state index in [2.05, 4.69) is 17.2 Å². The summed E-state index contributed by atoms with van der Waals surface area (Å²) in [7, 11) is -4.29. The molecule has 1 fully saturated rings. The third-order valence-corrected chi connectivity index (χ3v) is 11.9. The Morgan fingerprint density at radius 2 is 1.66 bits per heavy atom. The fourth-order valence-corrected chi connectivity index (χ4v) is 8.42. The number of carbonyl (C=O) groups excluding carboxylic acids is 3. The van der Waals surface area contributed by atoms with E-state index in [1.165, 1.54) is 37.7 Å². The van der Waals surface area contributed by atoms with E-state index in [4.69, 9.17) is 14.2 Å². The first-order chi connectivity index (χ1) is 25.3. The number of ether oxygens (including phenoxy) is 3. The summed E-state index contributed by atoms with van der Waals surface area (Å²) in [6.07, 6.45) is 2.92. The van der Waals surface area contributed by atoms with E-state index in [0.717, 1.165) is 51.8 Å². The molecule has 1 atom stereocenters. The third-order valence-electron chi connectivity index (χ3n) is 8.78. The Kier molecular flexibility index (Phi) is 12.9. The SMILES string of the molecule is CCCCOCCCN1C(C(C(=O)Nc2cc(C)ccc2Sc2cc(OCCCC)ccc2C)N2C(=O)OC(C)(C)C2=O)=Nc2ccccc2S1(=O)=O. The molecule has 0 radical (unpaired) electrons. The molecule has 0 aromatic heterocycles. The zero-order valence-electron chi connectivity index (χ0n) is 31.1. The van der Waals surface area contributed by atoms with Gasteiger partial charge in [-0.1, -0.05) is 62.7 Å². The maximum Gasteiger partial charge on any atom is 0.418 e. The van der Waals surface area contributed by atoms with Crippen LogP contribution in [0, 0.1) is 13.8 Å². The Bertz CT molecular complexity index is 1980. The van der Waals surface area contributed by atoms with Crippen molar-refractivity contribution >= 4 is 56.9 Å². The minimum absolute atomic E-state index is 0.0564. The van der Waals surface area contributed by atoms with Gasteiger partial charge in [0.1, 0.15) is 10.6 Å². The fourth-order valence-electron chi connectivity index (χ4n) is 5.80. The van der Waals surface area contributed by atoms with Crippen LogP contribution in [-0.2, 0) is 29.1 Å². The molecule has 1 unspecified atom stereocenters. The molecule has 3 aromatic rings. The maximum absolute atomic E-state index is 14.7. The number of aliphatic imine (C=N–C) groups is 1. The van der Waals surface area contributed by atoms with Crippen LogP contribution in [-0.4, -0.2) is 79.4 Å². The molecule has 12 nitrogen and oxygen atoms in total. The molecule has 0 aliphatic carbocycles. The Morgan fingerprint density at radius 1 is 0.943 bits per heavy atom. The van der Waals surface area contributed by atoms with Crippen molar-refractivity contribution in [1.29, 1.82) is 0 Å². The zero-order chi connectivity index (χ0) is 38.3. The highest BCUT2D eigenvalue weighted by Crippen LogP contribution is 2.39. The van der Waals surface area contributed by atoms with Crippen LogP contribution in [0.4, 0.5) is 16.2 Å². The average Bonchev–Trinajstić information content (AvgIpc) is 3.31. The second-order valence-electron chi connectivity index (χ2n) is 13.5. The monoisotopic (exact) mass is 764 g/mol. The lowest BCUT2D eigenvalue weighted by Crippen LogP contribution is -2.59. The van der Waals surface area contributed by atoms with Crippen molar-refractivity contribution in [3.05, 3.63) is 71.8 Å². The van der Waals surface area contributed by atoms with Crippen molar-refractivity contribution in [2.45, 2.75) is 100.0 Å². The zero-order valence-corrected chi connectivity index (χ0v) is 32.8. The van der Waals surface area contributed by atoms with Gasteiger partial charge in [-0.15, -0.1) is 0 Å². The lowest BCUT2D eigenvalue weighted by molar-refractivity contribution is -0.137. The topological polar surface area (TPSA) is 144 Å². The first kappa shape index (κ1) is 39.8. The number of benzene rings is 3. The van der Waals surface area contributed by atoms with Crippen LogP contribution in [0.25, 0.3) is 0 Å². The molecule has 284 valence electrons. The van der Waals surface area contributed by atoms with Crippen LogP contribution >= 0.6 is 11.8 Å². The molecule has 0 bridgehead atoms. The summed E-state index contributed by atoms with van der Waals surface area (Å²) in [5.74, 6) is -1.22. The Balaban J connectivity index is 1.56. The van der Waals surface area contributed by atoms with Gasteiger partial charge in [-0.05, 0) is 94.5 Å². The number of amides is 3. The van der Waals surface area contributed by atoms with Crippen LogP contribution < -0.4 is 10.1 Å². The predicted octanol–water partition coefficient (Wildman–Crippen LogP) is 7.64. The summed E-state index contributed by atoms with van der Waals surface area (Å²) in [6, 6.07) is 15.8. The van der Waals surface area contributed by atoms with Crippen molar-refractivity contribution in [3.8, 4) is 5.75 Å². The van der Waals surface area contributed by atoms with Gasteiger partial charge in [0.25, 0.3) is 21.8 Å². The number of carbonyl (C=O) groups is 3. The lowest BCUT2D eigenvalue weighted by atomic mass is 10.1. The Labute approximate surface area is 316 Å². The van der Waals surface area contributed by atoms with Crippen LogP contribution in [0.5, 0.6) is 5.75 Å². The number of amidine groups is 1. The molecular weight excluding hydrogens is 717 g/mol. The fraction of sp³-hybridized carbons (Fsp3) is 0.436. The van der Waals surface area contributed by atoms with E-state index < -0.39 is 39.6 Å². The van der Waals surface area contributed by atoms with Gasteiger partial charge in [-0.2, -0.15) is 0 Å². The highest BCUT2D eigenvalue weighted by molar-refractivity contribution is 7.99. The van der Waals surface area contributed by atoms with Crippen LogP contribution in [0.15, 0.2) is 80.3 Å². The summed E-state index contributed by atoms with van der Waals surface area (Å²) >= 11 is 1.42. The van der Waals surface area contributed by atoms with Gasteiger partial charge in [-0.3, -0.25) is 13.9 Å². The van der Waals surface area contributed by atoms with Gasteiger partial charge in [0.15, 0.2) is 17.5 Å². The number of unbranched alkanes of at least 4 members (excludes halogenated alkanes) is 2. The van der Waals surface area contributed by atoms with Crippen molar-refractivity contribution in [1.82, 2.24) is 9.21 Å². The quantitative estimate of drug-likeness (QED) is 0.137. The van der Waals surface area contributed by atoms with E-state index in [1.807, 2.05) is 51.1 Å². The number of imide groups is 1. The number of para-hydroxylation sites is 1. The minimum atomic E-state index is -4.29. The summed E-state index contributed by atoms with van der Waals surface area (Å²) in [6.45, 7) is 12.1. The van der Waals surface area contributed by atoms with Gasteiger partial charge in [0.05, 0.1) is 18.0 Å². The molecule has 3 aromatic carbocycles. The molecule has 5 rings (SSSR count). The maximum atomic E-state index is 14.7. The number of anilines is 1. The molecule has 1 saturated heterocycles. The van der Waals surface area contributed by atoms with E-state index >= 15 is 0 Å². The molecule has 14 heteroatoms. The minimum Gasteiger partial charge on any atom is -0.494 e. The number of hydrogen-bond acceptors (Lipinski definition) is 10. The summed E-state index contributed by atoms with van der Waals surface area (Å²) in [5, 5.41) is 2.93. The average molecular weight is 765 g/mol. The van der Waals surface area contributed by atoms with Gasteiger partial charge in [0.2, 0.25) is 0 Å². The largest absolute Gasteiger partial charge is 0.494 e. The number of cyclic esters (lactones) is 1. The Morgan fingerprint density at radius 3 is 2.38 bits per heavy atom.